The molecule has 0 aliphatic heterocycles. The summed E-state index contributed by atoms with van der Waals surface area (Å²) in [6.07, 6.45) is 1.82. The molecule has 60 valence electrons. The maximum Gasteiger partial charge on any atom is 0.0647 e. The normalized spacial score (nSPS) is 10.1. The van der Waals surface area contributed by atoms with Gasteiger partial charge in [-0.2, -0.15) is 0 Å². The van der Waals surface area contributed by atoms with Gasteiger partial charge < -0.3 is 0 Å². The molecule has 2 heteroatoms. The Balaban J connectivity index is 2.51. The Hall–Kier alpha value is -1.21. The highest BCUT2D eigenvalue weighted by Gasteiger charge is 1.99. The first-order valence-electron chi connectivity index (χ1n) is 3.77. The second kappa shape index (κ2) is 3.03. The minimum absolute atomic E-state index is 1.03. The van der Waals surface area contributed by atoms with Crippen LogP contribution in [-0.4, -0.2) is 4.09 Å². The topological polar surface area (TPSA) is 4.93 Å². The number of benzene rings is 1. The summed E-state index contributed by atoms with van der Waals surface area (Å²) in [6.45, 7) is 0. The lowest BCUT2D eigenvalue weighted by atomic mass is 10.2. The molecule has 1 aromatic carbocycles. The van der Waals surface area contributed by atoms with Gasteiger partial charge in [0.05, 0.1) is 5.69 Å². The molecule has 1 aromatic heterocycles. The molecule has 0 fully saturated rings. The number of halogens is 1. The fourth-order valence-electron chi connectivity index (χ4n) is 1.19. The zero-order valence-corrected chi connectivity index (χ0v) is 7.20. The van der Waals surface area contributed by atoms with Crippen LogP contribution in [0.5, 0.6) is 0 Å². The van der Waals surface area contributed by atoms with Crippen molar-refractivity contribution in [3.63, 3.8) is 0 Å². The Morgan fingerprint density at radius 2 is 1.67 bits per heavy atom. The highest BCUT2D eigenvalue weighted by molar-refractivity contribution is 6.17. The van der Waals surface area contributed by atoms with Gasteiger partial charge in [-0.25, -0.2) is 0 Å². The highest BCUT2D eigenvalue weighted by atomic mass is 35.5. The van der Waals surface area contributed by atoms with Crippen molar-refractivity contribution in [2.45, 2.75) is 0 Å². The van der Waals surface area contributed by atoms with Crippen molar-refractivity contribution in [2.24, 2.45) is 0 Å². The SMILES string of the molecule is Cln1cccc1-c1ccccc1. The van der Waals surface area contributed by atoms with Gasteiger partial charge in [-0.15, -0.1) is 0 Å². The van der Waals surface area contributed by atoms with Crippen molar-refractivity contribution in [1.29, 1.82) is 0 Å². The summed E-state index contributed by atoms with van der Waals surface area (Å²) in [5.74, 6) is 0. The van der Waals surface area contributed by atoms with Gasteiger partial charge in [0, 0.05) is 18.0 Å². The Labute approximate surface area is 76.3 Å². The first-order valence-corrected chi connectivity index (χ1v) is 4.10. The van der Waals surface area contributed by atoms with Crippen LogP contribution in [0.3, 0.4) is 0 Å². The summed E-state index contributed by atoms with van der Waals surface area (Å²) < 4.78 is 1.59. The van der Waals surface area contributed by atoms with Crippen LogP contribution in [0.25, 0.3) is 11.3 Å². The molecule has 0 saturated heterocycles. The van der Waals surface area contributed by atoms with Gasteiger partial charge in [0.15, 0.2) is 0 Å². The van der Waals surface area contributed by atoms with E-state index in [1.54, 1.807) is 4.09 Å². The average molecular weight is 178 g/mol. The fourth-order valence-corrected chi connectivity index (χ4v) is 1.41. The van der Waals surface area contributed by atoms with Crippen molar-refractivity contribution in [3.05, 3.63) is 48.7 Å². The summed E-state index contributed by atoms with van der Waals surface area (Å²) in [6, 6.07) is 14.0. The summed E-state index contributed by atoms with van der Waals surface area (Å²) >= 11 is 5.89. The van der Waals surface area contributed by atoms with E-state index in [9.17, 15) is 0 Å². The predicted octanol–water partition coefficient (Wildman–Crippen LogP) is 3.16. The first-order chi connectivity index (χ1) is 5.88. The second-order valence-electron chi connectivity index (χ2n) is 2.57. The second-order valence-corrected chi connectivity index (χ2v) is 2.93. The number of rotatable bonds is 1. The van der Waals surface area contributed by atoms with E-state index in [-0.39, 0.29) is 0 Å². The smallest absolute Gasteiger partial charge is 0.0647 e. The Kier molecular flexibility index (Phi) is 1.88. The van der Waals surface area contributed by atoms with Crippen molar-refractivity contribution in [2.75, 3.05) is 0 Å². The molecule has 0 saturated carbocycles. The molecule has 0 unspecified atom stereocenters. The molecule has 0 bridgehead atoms. The lowest BCUT2D eigenvalue weighted by Crippen LogP contribution is -1.81. The van der Waals surface area contributed by atoms with E-state index < -0.39 is 0 Å². The van der Waals surface area contributed by atoms with Crippen molar-refractivity contribution >= 4 is 11.8 Å². The molecule has 0 aliphatic carbocycles. The van der Waals surface area contributed by atoms with Crippen molar-refractivity contribution in [3.8, 4) is 11.3 Å². The molecular formula is C10H8ClN. The van der Waals surface area contributed by atoms with Crippen molar-refractivity contribution < 1.29 is 0 Å². The summed E-state index contributed by atoms with van der Waals surface area (Å²) in [5.41, 5.74) is 2.16. The van der Waals surface area contributed by atoms with Gasteiger partial charge >= 0.3 is 0 Å². The number of aromatic nitrogens is 1. The molecule has 2 rings (SSSR count). The molecule has 1 nitrogen and oxygen atoms in total. The minimum Gasteiger partial charge on any atom is -0.260 e. The van der Waals surface area contributed by atoms with E-state index in [1.807, 2.05) is 48.7 Å². The van der Waals surface area contributed by atoms with Gasteiger partial charge in [-0.3, -0.25) is 4.09 Å². The summed E-state index contributed by atoms with van der Waals surface area (Å²) in [4.78, 5) is 0. The third-order valence-corrected chi connectivity index (χ3v) is 2.07. The van der Waals surface area contributed by atoms with Gasteiger partial charge in [-0.1, -0.05) is 30.3 Å². The third kappa shape index (κ3) is 1.23. The molecule has 0 N–H and O–H groups in total. The van der Waals surface area contributed by atoms with Gasteiger partial charge in [0.25, 0.3) is 0 Å². The standard InChI is InChI=1S/C10H8ClN/c11-12-8-4-7-10(12)9-5-2-1-3-6-9/h1-8H. The molecule has 0 aliphatic rings. The van der Waals surface area contributed by atoms with Crippen LogP contribution in [-0.2, 0) is 0 Å². The third-order valence-electron chi connectivity index (χ3n) is 1.77. The Morgan fingerprint density at radius 3 is 2.25 bits per heavy atom. The molecule has 2 aromatic rings. The highest BCUT2D eigenvalue weighted by Crippen LogP contribution is 2.19. The van der Waals surface area contributed by atoms with E-state index in [0.717, 1.165) is 11.3 Å². The zero-order chi connectivity index (χ0) is 8.39. The Morgan fingerprint density at radius 1 is 0.917 bits per heavy atom. The maximum atomic E-state index is 5.89. The quantitative estimate of drug-likeness (QED) is 0.631. The van der Waals surface area contributed by atoms with E-state index in [2.05, 4.69) is 0 Å². The minimum atomic E-state index is 1.03. The van der Waals surface area contributed by atoms with Crippen LogP contribution < -0.4 is 0 Å². The monoisotopic (exact) mass is 177 g/mol. The molecule has 0 spiro atoms. The van der Waals surface area contributed by atoms with Crippen LogP contribution in [0.15, 0.2) is 48.7 Å². The molecule has 1 heterocycles. The van der Waals surface area contributed by atoms with Crippen LogP contribution in [0.4, 0.5) is 0 Å². The maximum absolute atomic E-state index is 5.89. The van der Waals surface area contributed by atoms with Crippen LogP contribution in [0.1, 0.15) is 0 Å². The number of hydrogen-bond acceptors (Lipinski definition) is 0. The van der Waals surface area contributed by atoms with E-state index in [4.69, 9.17) is 11.8 Å². The zero-order valence-electron chi connectivity index (χ0n) is 6.44. The molecule has 0 radical (unpaired) electrons. The lowest BCUT2D eigenvalue weighted by molar-refractivity contribution is 1.27. The Bertz CT molecular complexity index is 364. The average Bonchev–Trinajstić information content (AvgIpc) is 2.53. The first kappa shape index (κ1) is 7.44. The van der Waals surface area contributed by atoms with Gasteiger partial charge in [0.1, 0.15) is 0 Å². The predicted molar refractivity (Wildman–Crippen MR) is 51.1 cm³/mol. The molecular weight excluding hydrogens is 170 g/mol. The van der Waals surface area contributed by atoms with Crippen LogP contribution in [0, 0.1) is 0 Å². The largest absolute Gasteiger partial charge is 0.260 e. The van der Waals surface area contributed by atoms with Gasteiger partial charge in [-0.05, 0) is 17.7 Å². The lowest BCUT2D eigenvalue weighted by Gasteiger charge is -1.99. The summed E-state index contributed by atoms with van der Waals surface area (Å²) in [7, 11) is 0. The molecule has 0 atom stereocenters. The van der Waals surface area contributed by atoms with E-state index in [1.165, 1.54) is 0 Å². The molecule has 12 heavy (non-hydrogen) atoms. The van der Waals surface area contributed by atoms with Crippen molar-refractivity contribution in [1.82, 2.24) is 4.09 Å². The molecule has 0 amide bonds. The number of hydrogen-bond donors (Lipinski definition) is 0. The van der Waals surface area contributed by atoms with Crippen LogP contribution >= 0.6 is 11.8 Å². The summed E-state index contributed by atoms with van der Waals surface area (Å²) in [5, 5.41) is 0. The van der Waals surface area contributed by atoms with Crippen LogP contribution in [0.2, 0.25) is 0 Å². The van der Waals surface area contributed by atoms with Gasteiger partial charge in [0.2, 0.25) is 0 Å². The van der Waals surface area contributed by atoms with E-state index >= 15 is 0 Å². The van der Waals surface area contributed by atoms with E-state index in [0.29, 0.717) is 0 Å². The fraction of sp³-hybridized carbons (Fsp3) is 0. The number of nitrogens with zero attached hydrogens (tertiary/aromatic N) is 1.